The molecule has 0 radical (unpaired) electrons. The first-order valence-electron chi connectivity index (χ1n) is 5.10. The number of hydrogen-bond acceptors (Lipinski definition) is 4. The first-order chi connectivity index (χ1) is 8.69. The normalized spacial score (nSPS) is 12.2. The number of benzene rings is 2. The molecule has 4 nitrogen and oxygen atoms in total. The molecule has 1 heterocycles. The van der Waals surface area contributed by atoms with E-state index in [0.717, 1.165) is 10.8 Å². The van der Waals surface area contributed by atoms with Gasteiger partial charge in [-0.05, 0) is 29.7 Å². The molecule has 3 rings (SSSR count). The number of amides is 2. The number of isothiocyanates is 1. The molecule has 0 aromatic heterocycles. The SMILES string of the molecule is N=C=S.O=C1NC(=O)c2cccc3cccc1c23. The van der Waals surface area contributed by atoms with Crippen LogP contribution in [0, 0.1) is 5.41 Å². The zero-order chi connectivity index (χ0) is 13.1. The third kappa shape index (κ3) is 1.93. The van der Waals surface area contributed by atoms with Crippen LogP contribution in [0.2, 0.25) is 0 Å². The number of hydrogen-bond donors (Lipinski definition) is 2. The molecule has 0 bridgehead atoms. The summed E-state index contributed by atoms with van der Waals surface area (Å²) in [6.07, 6.45) is 0. The van der Waals surface area contributed by atoms with Crippen molar-refractivity contribution in [2.75, 3.05) is 0 Å². The Balaban J connectivity index is 0.000000367. The quantitative estimate of drug-likeness (QED) is 0.432. The lowest BCUT2D eigenvalue weighted by Gasteiger charge is -2.15. The molecule has 0 aliphatic carbocycles. The molecule has 0 spiro atoms. The second-order valence-electron chi connectivity index (χ2n) is 3.59. The molecule has 0 unspecified atom stereocenters. The van der Waals surface area contributed by atoms with Crippen molar-refractivity contribution in [3.63, 3.8) is 0 Å². The second kappa shape index (κ2) is 4.87. The Bertz CT molecular complexity index is 640. The van der Waals surface area contributed by atoms with Gasteiger partial charge in [0.2, 0.25) is 0 Å². The summed E-state index contributed by atoms with van der Waals surface area (Å²) in [6.45, 7) is 0. The molecular weight excluding hydrogens is 248 g/mol. The molecule has 2 aromatic carbocycles. The molecule has 2 aromatic rings. The molecule has 1 aliphatic rings. The molecule has 0 saturated heterocycles. The Morgan fingerprint density at radius 3 is 1.89 bits per heavy atom. The highest BCUT2D eigenvalue weighted by Crippen LogP contribution is 2.25. The summed E-state index contributed by atoms with van der Waals surface area (Å²) in [6, 6.07) is 10.9. The van der Waals surface area contributed by atoms with Gasteiger partial charge in [0.25, 0.3) is 11.8 Å². The number of imide groups is 1. The third-order valence-electron chi connectivity index (χ3n) is 2.62. The van der Waals surface area contributed by atoms with Crippen molar-refractivity contribution in [1.29, 1.82) is 5.41 Å². The van der Waals surface area contributed by atoms with E-state index in [1.165, 1.54) is 0 Å². The Morgan fingerprint density at radius 2 is 1.44 bits per heavy atom. The second-order valence-corrected chi connectivity index (χ2v) is 3.80. The molecule has 18 heavy (non-hydrogen) atoms. The Labute approximate surface area is 108 Å². The van der Waals surface area contributed by atoms with Crippen LogP contribution in [0.15, 0.2) is 36.4 Å². The van der Waals surface area contributed by atoms with Crippen molar-refractivity contribution >= 4 is 40.0 Å². The van der Waals surface area contributed by atoms with E-state index in [9.17, 15) is 9.59 Å². The molecule has 2 N–H and O–H groups in total. The molecule has 0 saturated carbocycles. The summed E-state index contributed by atoms with van der Waals surface area (Å²) < 4.78 is 0. The van der Waals surface area contributed by atoms with Crippen molar-refractivity contribution < 1.29 is 9.59 Å². The minimum atomic E-state index is -0.315. The molecule has 0 atom stereocenters. The predicted octanol–water partition coefficient (Wildman–Crippen LogP) is 2.39. The number of thiocarbonyl (C=S) groups is 1. The van der Waals surface area contributed by atoms with Crippen LogP contribution in [-0.4, -0.2) is 17.0 Å². The van der Waals surface area contributed by atoms with Crippen molar-refractivity contribution in [2.45, 2.75) is 0 Å². The highest BCUT2D eigenvalue weighted by Gasteiger charge is 2.23. The van der Waals surface area contributed by atoms with E-state index < -0.39 is 0 Å². The maximum atomic E-state index is 11.6. The van der Waals surface area contributed by atoms with Gasteiger partial charge in [-0.2, -0.15) is 0 Å². The fourth-order valence-electron chi connectivity index (χ4n) is 1.96. The number of carbonyl (C=O) groups excluding carboxylic acids is 2. The molecule has 88 valence electrons. The van der Waals surface area contributed by atoms with Gasteiger partial charge in [0.1, 0.15) is 0 Å². The average molecular weight is 256 g/mol. The van der Waals surface area contributed by atoms with Crippen molar-refractivity contribution in [1.82, 2.24) is 5.32 Å². The zero-order valence-corrected chi connectivity index (χ0v) is 10.0. The zero-order valence-electron chi connectivity index (χ0n) is 9.19. The van der Waals surface area contributed by atoms with Crippen molar-refractivity contribution in [2.24, 2.45) is 0 Å². The predicted molar refractivity (Wildman–Crippen MR) is 71.1 cm³/mol. The summed E-state index contributed by atoms with van der Waals surface area (Å²) in [5.74, 6) is -0.631. The highest BCUT2D eigenvalue weighted by molar-refractivity contribution is 7.78. The smallest absolute Gasteiger partial charge is 0.258 e. The third-order valence-corrected chi connectivity index (χ3v) is 2.62. The van der Waals surface area contributed by atoms with Crippen LogP contribution in [0.4, 0.5) is 0 Å². The van der Waals surface area contributed by atoms with Gasteiger partial charge < -0.3 is 0 Å². The first-order valence-corrected chi connectivity index (χ1v) is 5.51. The van der Waals surface area contributed by atoms with Crippen LogP contribution in [-0.2, 0) is 0 Å². The van der Waals surface area contributed by atoms with E-state index in [4.69, 9.17) is 5.41 Å². The molecule has 2 amide bonds. The van der Waals surface area contributed by atoms with E-state index in [2.05, 4.69) is 17.5 Å². The topological polar surface area (TPSA) is 70.0 Å². The summed E-state index contributed by atoms with van der Waals surface area (Å²) in [5, 5.41) is 11.4. The summed E-state index contributed by atoms with van der Waals surface area (Å²) >= 11 is 3.81. The van der Waals surface area contributed by atoms with Crippen LogP contribution in [0.3, 0.4) is 0 Å². The maximum Gasteiger partial charge on any atom is 0.258 e. The minimum absolute atomic E-state index is 0.315. The minimum Gasteiger partial charge on any atom is -0.288 e. The first kappa shape index (κ1) is 12.1. The van der Waals surface area contributed by atoms with Crippen molar-refractivity contribution in [3.8, 4) is 0 Å². The van der Waals surface area contributed by atoms with E-state index in [1.54, 1.807) is 17.3 Å². The summed E-state index contributed by atoms with van der Waals surface area (Å²) in [4.78, 5) is 23.1. The Hall–Kier alpha value is -2.36. The van der Waals surface area contributed by atoms with Crippen molar-refractivity contribution in [3.05, 3.63) is 47.5 Å². The van der Waals surface area contributed by atoms with Gasteiger partial charge in [-0.3, -0.25) is 14.9 Å². The fraction of sp³-hybridized carbons (Fsp3) is 0. The van der Waals surface area contributed by atoms with E-state index in [1.807, 2.05) is 24.3 Å². The lowest BCUT2D eigenvalue weighted by atomic mass is 9.95. The standard InChI is InChI=1S/C12H7NO2.CHNS/c14-11-8-5-1-3-7-4-2-6-9(10(7)8)12(15)13-11;2-1-3/h1-6H,(H,13,14,15);2H. The van der Waals surface area contributed by atoms with Crippen LogP contribution >= 0.6 is 12.2 Å². The molecule has 1 aliphatic heterocycles. The van der Waals surface area contributed by atoms with E-state index in [0.29, 0.717) is 11.1 Å². The maximum absolute atomic E-state index is 11.6. The van der Waals surface area contributed by atoms with Gasteiger partial charge in [0, 0.05) is 16.5 Å². The number of rotatable bonds is 0. The van der Waals surface area contributed by atoms with Crippen LogP contribution in [0.25, 0.3) is 10.8 Å². The summed E-state index contributed by atoms with van der Waals surface area (Å²) in [5.41, 5.74) is 1.14. The molecule has 0 fully saturated rings. The van der Waals surface area contributed by atoms with Gasteiger partial charge in [-0.25, -0.2) is 5.41 Å². The highest BCUT2D eigenvalue weighted by atomic mass is 32.1. The van der Waals surface area contributed by atoms with Gasteiger partial charge in [-0.1, -0.05) is 24.3 Å². The lowest BCUT2D eigenvalue weighted by molar-refractivity contribution is 0.0845. The van der Waals surface area contributed by atoms with E-state index >= 15 is 0 Å². The van der Waals surface area contributed by atoms with Gasteiger partial charge in [0.15, 0.2) is 0 Å². The lowest BCUT2D eigenvalue weighted by Crippen LogP contribution is -2.34. The molecular formula is C13H8N2O2S. The number of carbonyl (C=O) groups is 2. The van der Waals surface area contributed by atoms with Gasteiger partial charge in [0.05, 0.1) is 5.16 Å². The van der Waals surface area contributed by atoms with Crippen LogP contribution in [0.1, 0.15) is 20.7 Å². The summed E-state index contributed by atoms with van der Waals surface area (Å²) in [7, 11) is 0. The Morgan fingerprint density at radius 1 is 1.00 bits per heavy atom. The van der Waals surface area contributed by atoms with Gasteiger partial charge in [-0.15, -0.1) is 0 Å². The van der Waals surface area contributed by atoms with Crippen LogP contribution in [0.5, 0.6) is 0 Å². The van der Waals surface area contributed by atoms with E-state index in [-0.39, 0.29) is 11.8 Å². The number of nitrogens with one attached hydrogen (secondary N) is 2. The molecule has 5 heteroatoms. The van der Waals surface area contributed by atoms with Gasteiger partial charge >= 0.3 is 0 Å². The Kier molecular flexibility index (Phi) is 3.28. The monoisotopic (exact) mass is 256 g/mol. The van der Waals surface area contributed by atoms with Crippen LogP contribution < -0.4 is 5.32 Å². The average Bonchev–Trinajstić information content (AvgIpc) is 2.37. The largest absolute Gasteiger partial charge is 0.288 e. The fourth-order valence-corrected chi connectivity index (χ4v) is 1.96.